The number of H-pyrrole nitrogens is 1. The van der Waals surface area contributed by atoms with Gasteiger partial charge in [-0.05, 0) is 13.3 Å². The van der Waals surface area contributed by atoms with Gasteiger partial charge in [0.2, 0.25) is 11.9 Å². The van der Waals surface area contributed by atoms with E-state index in [1.54, 1.807) is 5.10 Å². The average molecular weight is 593 g/mol. The van der Waals surface area contributed by atoms with E-state index in [1.165, 1.54) is 16.7 Å². The van der Waals surface area contributed by atoms with Crippen molar-refractivity contribution >= 4 is 23.5 Å². The number of aromatic nitrogens is 4. The van der Waals surface area contributed by atoms with Gasteiger partial charge >= 0.3 is 12.4 Å². The first-order valence-corrected chi connectivity index (χ1v) is 12.4. The number of nitrogens with one attached hydrogen (secondary N) is 2. The van der Waals surface area contributed by atoms with Gasteiger partial charge < -0.3 is 25.6 Å². The number of anilines is 2. The highest BCUT2D eigenvalue weighted by molar-refractivity contribution is 5.85. The number of piperidine rings is 1. The van der Waals surface area contributed by atoms with E-state index in [9.17, 15) is 40.7 Å². The zero-order valence-corrected chi connectivity index (χ0v) is 21.5. The van der Waals surface area contributed by atoms with Gasteiger partial charge in [-0.25, -0.2) is 15.1 Å². The highest BCUT2D eigenvalue weighted by Crippen LogP contribution is 2.33. The summed E-state index contributed by atoms with van der Waals surface area (Å²) in [5.41, 5.74) is 1.21. The van der Waals surface area contributed by atoms with Crippen LogP contribution in [0.25, 0.3) is 0 Å². The molecule has 12 nitrogen and oxygen atoms in total. The summed E-state index contributed by atoms with van der Waals surface area (Å²) in [6.45, 7) is 1.76. The standard InChI is InChI=1S/C23H26F6N8O4/c1-11(34-14-8-33-35-19(39)17(14)23(27,28)29)10-41-16-3-5-37(20(16)40)15-2-4-36(9-13(15)18(30)38)21-31-6-12(7-32-21)22(24,25)26/h6-8,11,13,15-16H,2-5,9-10H2,1H3,(H2,30,38)(H2,34,35,39)/t11-,13?,15?,16?/m0/s1. The number of halogens is 6. The summed E-state index contributed by atoms with van der Waals surface area (Å²) in [6.07, 6.45) is -7.83. The predicted molar refractivity (Wildman–Crippen MR) is 129 cm³/mol. The molecule has 4 N–H and O–H groups in total. The van der Waals surface area contributed by atoms with Gasteiger partial charge in [0.25, 0.3) is 11.5 Å². The van der Waals surface area contributed by atoms with Crippen molar-refractivity contribution < 1.29 is 40.7 Å². The molecule has 4 atom stereocenters. The van der Waals surface area contributed by atoms with Crippen LogP contribution in [0, 0.1) is 5.92 Å². The lowest BCUT2D eigenvalue weighted by molar-refractivity contribution is -0.141. The quantitative estimate of drug-likeness (QED) is 0.385. The second-order valence-electron chi connectivity index (χ2n) is 9.75. The summed E-state index contributed by atoms with van der Waals surface area (Å²) in [4.78, 5) is 47.6. The first kappa shape index (κ1) is 30.0. The lowest BCUT2D eigenvalue weighted by atomic mass is 9.90. The molecule has 0 bridgehead atoms. The molecule has 2 fully saturated rings. The fourth-order valence-electron chi connectivity index (χ4n) is 4.92. The number of aromatic amines is 1. The Hall–Kier alpha value is -3.96. The number of rotatable bonds is 8. The van der Waals surface area contributed by atoms with Crippen molar-refractivity contribution in [3.8, 4) is 0 Å². The first-order chi connectivity index (χ1) is 19.2. The lowest BCUT2D eigenvalue weighted by Crippen LogP contribution is -2.56. The molecule has 0 aromatic carbocycles. The second-order valence-corrected chi connectivity index (χ2v) is 9.75. The third kappa shape index (κ3) is 6.68. The van der Waals surface area contributed by atoms with Gasteiger partial charge in [-0.2, -0.15) is 31.4 Å². The molecule has 4 heterocycles. The SMILES string of the molecule is C[C@@H](COC1CCN(C2CCN(c3ncc(C(F)(F)F)cn3)CC2C(N)=O)C1=O)Nc1cn[nH]c(=O)c1C(F)(F)F. The Morgan fingerprint density at radius 2 is 1.80 bits per heavy atom. The highest BCUT2D eigenvalue weighted by Gasteiger charge is 2.44. The maximum absolute atomic E-state index is 13.3. The summed E-state index contributed by atoms with van der Waals surface area (Å²) in [7, 11) is 0. The molecule has 0 saturated carbocycles. The van der Waals surface area contributed by atoms with Crippen LogP contribution < -0.4 is 21.5 Å². The molecular weight excluding hydrogens is 566 g/mol. The molecule has 18 heteroatoms. The molecule has 0 spiro atoms. The van der Waals surface area contributed by atoms with Gasteiger partial charge in [0.15, 0.2) is 0 Å². The maximum Gasteiger partial charge on any atom is 0.423 e. The Morgan fingerprint density at radius 3 is 2.41 bits per heavy atom. The first-order valence-electron chi connectivity index (χ1n) is 12.4. The van der Waals surface area contributed by atoms with E-state index in [1.807, 2.05) is 0 Å². The van der Waals surface area contributed by atoms with Crippen molar-refractivity contribution in [2.24, 2.45) is 11.7 Å². The molecule has 2 aromatic heterocycles. The lowest BCUT2D eigenvalue weighted by Gasteiger charge is -2.41. The van der Waals surface area contributed by atoms with E-state index < -0.39 is 70.6 Å². The largest absolute Gasteiger partial charge is 0.423 e. The number of carbonyl (C=O) groups is 2. The van der Waals surface area contributed by atoms with Crippen molar-refractivity contribution in [1.82, 2.24) is 25.1 Å². The van der Waals surface area contributed by atoms with E-state index in [2.05, 4.69) is 20.4 Å². The summed E-state index contributed by atoms with van der Waals surface area (Å²) in [5.74, 6) is -2.03. The van der Waals surface area contributed by atoms with Gasteiger partial charge in [0.05, 0.1) is 30.0 Å². The van der Waals surface area contributed by atoms with E-state index in [0.717, 1.165) is 6.20 Å². The highest BCUT2D eigenvalue weighted by atomic mass is 19.4. The Balaban J connectivity index is 1.36. The van der Waals surface area contributed by atoms with Gasteiger partial charge in [-0.3, -0.25) is 14.4 Å². The molecule has 224 valence electrons. The minimum Gasteiger partial charge on any atom is -0.378 e. The Kier molecular flexibility index (Phi) is 8.41. The van der Waals surface area contributed by atoms with Crippen LogP contribution >= 0.6 is 0 Å². The van der Waals surface area contributed by atoms with Crippen molar-refractivity contribution in [2.75, 3.05) is 36.5 Å². The third-order valence-electron chi connectivity index (χ3n) is 6.87. The van der Waals surface area contributed by atoms with Crippen molar-refractivity contribution in [1.29, 1.82) is 0 Å². The number of nitrogens with zero attached hydrogens (tertiary/aromatic N) is 5. The summed E-state index contributed by atoms with van der Waals surface area (Å²) >= 11 is 0. The summed E-state index contributed by atoms with van der Waals surface area (Å²) < 4.78 is 84.0. The molecule has 2 aromatic rings. The summed E-state index contributed by atoms with van der Waals surface area (Å²) in [5, 5.41) is 7.66. The smallest absolute Gasteiger partial charge is 0.378 e. The predicted octanol–water partition coefficient (Wildman–Crippen LogP) is 1.40. The number of likely N-dealkylation sites (tertiary alicyclic amines) is 1. The molecule has 2 aliphatic rings. The number of ether oxygens (including phenoxy) is 1. The molecule has 41 heavy (non-hydrogen) atoms. The molecule has 0 radical (unpaired) electrons. The van der Waals surface area contributed by atoms with E-state index in [4.69, 9.17) is 10.5 Å². The molecular formula is C23H26F6N8O4. The topological polar surface area (TPSA) is 159 Å². The Labute approximate surface area is 228 Å². The monoisotopic (exact) mass is 592 g/mol. The minimum atomic E-state index is -4.92. The van der Waals surface area contributed by atoms with Crippen LogP contribution in [0.15, 0.2) is 23.4 Å². The minimum absolute atomic E-state index is 0.0116. The van der Waals surface area contributed by atoms with Crippen LogP contribution in [0.2, 0.25) is 0 Å². The fourth-order valence-corrected chi connectivity index (χ4v) is 4.92. The van der Waals surface area contributed by atoms with Gasteiger partial charge in [0, 0.05) is 50.5 Å². The number of primary amides is 1. The molecule has 2 aliphatic heterocycles. The zero-order chi connectivity index (χ0) is 30.1. The Morgan fingerprint density at radius 1 is 1.12 bits per heavy atom. The maximum atomic E-state index is 13.3. The molecule has 4 rings (SSSR count). The zero-order valence-electron chi connectivity index (χ0n) is 21.5. The van der Waals surface area contributed by atoms with Crippen molar-refractivity contribution in [2.45, 2.75) is 50.3 Å². The average Bonchev–Trinajstić information content (AvgIpc) is 3.25. The number of amides is 2. The second kappa shape index (κ2) is 11.5. The van der Waals surface area contributed by atoms with Gasteiger partial charge in [-0.15, -0.1) is 0 Å². The number of alkyl halides is 6. The van der Waals surface area contributed by atoms with Crippen LogP contribution in [0.1, 0.15) is 30.9 Å². The van der Waals surface area contributed by atoms with Crippen LogP contribution in [0.4, 0.5) is 38.0 Å². The van der Waals surface area contributed by atoms with E-state index >= 15 is 0 Å². The third-order valence-corrected chi connectivity index (χ3v) is 6.87. The van der Waals surface area contributed by atoms with Crippen LogP contribution in [0.5, 0.6) is 0 Å². The van der Waals surface area contributed by atoms with Crippen LogP contribution in [0.3, 0.4) is 0 Å². The normalized spacial score (nSPS) is 22.6. The van der Waals surface area contributed by atoms with Crippen LogP contribution in [-0.4, -0.2) is 81.3 Å². The van der Waals surface area contributed by atoms with Gasteiger partial charge in [0.1, 0.15) is 11.7 Å². The number of hydrogen-bond donors (Lipinski definition) is 3. The van der Waals surface area contributed by atoms with Gasteiger partial charge in [-0.1, -0.05) is 0 Å². The van der Waals surface area contributed by atoms with Crippen molar-refractivity contribution in [3.63, 3.8) is 0 Å². The van der Waals surface area contributed by atoms with E-state index in [0.29, 0.717) is 12.4 Å². The van der Waals surface area contributed by atoms with Crippen molar-refractivity contribution in [3.05, 3.63) is 40.1 Å². The van der Waals surface area contributed by atoms with E-state index in [-0.39, 0.29) is 45.0 Å². The number of nitrogens with two attached hydrogens (primary N) is 1. The fraction of sp³-hybridized carbons (Fsp3) is 0.565. The summed E-state index contributed by atoms with van der Waals surface area (Å²) in [6, 6.07) is -1.35. The molecule has 3 unspecified atom stereocenters. The number of carbonyl (C=O) groups excluding carboxylic acids is 2. The molecule has 2 amide bonds. The molecule has 2 saturated heterocycles. The number of hydrogen-bond acceptors (Lipinski definition) is 9. The Bertz CT molecular complexity index is 1320. The molecule has 0 aliphatic carbocycles. The van der Waals surface area contributed by atoms with Crippen LogP contribution in [-0.2, 0) is 26.7 Å².